The molecule has 0 aliphatic heterocycles. The lowest BCUT2D eigenvalue weighted by Gasteiger charge is -2.08. The van der Waals surface area contributed by atoms with E-state index >= 15 is 0 Å². The Morgan fingerprint density at radius 3 is 2.54 bits per heavy atom. The van der Waals surface area contributed by atoms with E-state index < -0.39 is 0 Å². The first-order valence-corrected chi connectivity index (χ1v) is 7.24. The summed E-state index contributed by atoms with van der Waals surface area (Å²) >= 11 is 0. The fourth-order valence-electron chi connectivity index (χ4n) is 2.70. The minimum Gasteiger partial charge on any atom is -0.508 e. The van der Waals surface area contributed by atoms with Crippen molar-refractivity contribution in [3.63, 3.8) is 0 Å². The van der Waals surface area contributed by atoms with E-state index in [1.165, 1.54) is 12.1 Å². The van der Waals surface area contributed by atoms with Crippen LogP contribution in [-0.4, -0.2) is 25.7 Å². The van der Waals surface area contributed by atoms with Crippen molar-refractivity contribution in [1.82, 2.24) is 20.6 Å². The first-order chi connectivity index (χ1) is 11.6. The van der Waals surface area contributed by atoms with Crippen LogP contribution in [0.3, 0.4) is 0 Å². The van der Waals surface area contributed by atoms with Crippen LogP contribution in [0.4, 0.5) is 0 Å². The van der Waals surface area contributed by atoms with Gasteiger partial charge in [0.1, 0.15) is 17.1 Å². The number of aromatic hydroxyl groups is 1. The lowest BCUT2D eigenvalue weighted by molar-refractivity contribution is 0.473. The number of nitrogens with one attached hydrogen (secondary N) is 1. The Morgan fingerprint density at radius 1 is 1.08 bits per heavy atom. The zero-order chi connectivity index (χ0) is 16.7. The standard InChI is InChI=1S/C17H12N4O3/c1-9-15(16(23)13-7-6-12(22)8-14(13)24-9)10-2-4-11(5-3-10)17-18-20-21-19-17/h2-8,22H,1H3,(H,18,19,20,21). The third kappa shape index (κ3) is 2.23. The molecule has 0 aliphatic carbocycles. The van der Waals surface area contributed by atoms with Gasteiger partial charge in [0.15, 0.2) is 5.82 Å². The van der Waals surface area contributed by atoms with E-state index in [1.54, 1.807) is 13.0 Å². The van der Waals surface area contributed by atoms with Crippen LogP contribution in [0.15, 0.2) is 51.7 Å². The number of H-pyrrole nitrogens is 1. The molecule has 0 atom stereocenters. The largest absolute Gasteiger partial charge is 0.508 e. The molecule has 2 aromatic heterocycles. The lowest BCUT2D eigenvalue weighted by atomic mass is 10.0. The Morgan fingerprint density at radius 2 is 1.83 bits per heavy atom. The molecule has 4 aromatic rings. The molecule has 7 heteroatoms. The van der Waals surface area contributed by atoms with Gasteiger partial charge < -0.3 is 9.52 Å². The SMILES string of the molecule is Cc1oc2cc(O)ccc2c(=O)c1-c1ccc(-c2nnn[nH]2)cc1. The summed E-state index contributed by atoms with van der Waals surface area (Å²) in [6.45, 7) is 1.73. The Bertz CT molecular complexity index is 1080. The van der Waals surface area contributed by atoms with Crippen LogP contribution in [0, 0.1) is 6.92 Å². The number of phenolic OH excluding ortho intramolecular Hbond substituents is 1. The van der Waals surface area contributed by atoms with E-state index in [9.17, 15) is 9.90 Å². The third-order valence-corrected chi connectivity index (χ3v) is 3.84. The molecule has 2 aromatic carbocycles. The summed E-state index contributed by atoms with van der Waals surface area (Å²) in [6, 6.07) is 11.8. The van der Waals surface area contributed by atoms with Crippen molar-refractivity contribution >= 4 is 11.0 Å². The quantitative estimate of drug-likeness (QED) is 0.588. The topological polar surface area (TPSA) is 105 Å². The summed E-state index contributed by atoms with van der Waals surface area (Å²) in [7, 11) is 0. The highest BCUT2D eigenvalue weighted by Gasteiger charge is 2.14. The number of aromatic amines is 1. The average molecular weight is 320 g/mol. The van der Waals surface area contributed by atoms with Gasteiger partial charge in [0.2, 0.25) is 5.43 Å². The third-order valence-electron chi connectivity index (χ3n) is 3.84. The highest BCUT2D eigenvalue weighted by Crippen LogP contribution is 2.27. The molecular formula is C17H12N4O3. The second kappa shape index (κ2) is 5.31. The minimum absolute atomic E-state index is 0.0582. The first-order valence-electron chi connectivity index (χ1n) is 7.24. The molecule has 2 heterocycles. The van der Waals surface area contributed by atoms with Crippen molar-refractivity contribution in [3.05, 3.63) is 58.4 Å². The minimum atomic E-state index is -0.136. The highest BCUT2D eigenvalue weighted by atomic mass is 16.3. The fourth-order valence-corrected chi connectivity index (χ4v) is 2.70. The molecule has 0 spiro atoms. The summed E-state index contributed by atoms with van der Waals surface area (Å²) < 4.78 is 5.71. The molecule has 0 saturated heterocycles. The molecule has 0 aliphatic rings. The maximum absolute atomic E-state index is 12.8. The van der Waals surface area contributed by atoms with E-state index in [-0.39, 0.29) is 11.2 Å². The number of rotatable bonds is 2. The predicted molar refractivity (Wildman–Crippen MR) is 87.5 cm³/mol. The van der Waals surface area contributed by atoms with Crippen LogP contribution < -0.4 is 5.43 Å². The second-order valence-electron chi connectivity index (χ2n) is 5.37. The summed E-state index contributed by atoms with van der Waals surface area (Å²) in [5, 5.41) is 23.6. The lowest BCUT2D eigenvalue weighted by Crippen LogP contribution is -2.07. The van der Waals surface area contributed by atoms with Gasteiger partial charge in [-0.25, -0.2) is 5.10 Å². The van der Waals surface area contributed by atoms with Crippen molar-refractivity contribution in [2.45, 2.75) is 6.92 Å². The Hall–Kier alpha value is -3.48. The summed E-state index contributed by atoms with van der Waals surface area (Å²) in [6.07, 6.45) is 0. The number of hydrogen-bond donors (Lipinski definition) is 2. The number of phenols is 1. The molecule has 24 heavy (non-hydrogen) atoms. The zero-order valence-electron chi connectivity index (χ0n) is 12.6. The molecule has 7 nitrogen and oxygen atoms in total. The van der Waals surface area contributed by atoms with Crippen molar-refractivity contribution < 1.29 is 9.52 Å². The smallest absolute Gasteiger partial charge is 0.200 e. The Balaban J connectivity index is 1.87. The van der Waals surface area contributed by atoms with Gasteiger partial charge in [0.05, 0.1) is 10.9 Å². The van der Waals surface area contributed by atoms with Crippen LogP contribution in [-0.2, 0) is 0 Å². The fraction of sp³-hybridized carbons (Fsp3) is 0.0588. The number of aryl methyl sites for hydroxylation is 1. The maximum atomic E-state index is 12.8. The molecule has 0 saturated carbocycles. The van der Waals surface area contributed by atoms with E-state index in [4.69, 9.17) is 4.42 Å². The maximum Gasteiger partial charge on any atom is 0.200 e. The van der Waals surface area contributed by atoms with E-state index in [2.05, 4.69) is 20.6 Å². The van der Waals surface area contributed by atoms with Crippen LogP contribution in [0.25, 0.3) is 33.5 Å². The first kappa shape index (κ1) is 14.1. The van der Waals surface area contributed by atoms with Gasteiger partial charge in [-0.05, 0) is 35.0 Å². The van der Waals surface area contributed by atoms with Gasteiger partial charge >= 0.3 is 0 Å². The zero-order valence-corrected chi connectivity index (χ0v) is 12.6. The molecular weight excluding hydrogens is 308 g/mol. The number of nitrogens with zero attached hydrogens (tertiary/aromatic N) is 3. The Labute approximate surface area is 135 Å². The van der Waals surface area contributed by atoms with Gasteiger partial charge in [-0.15, -0.1) is 5.10 Å². The summed E-state index contributed by atoms with van der Waals surface area (Å²) in [4.78, 5) is 12.8. The molecule has 4 rings (SSSR count). The number of aromatic nitrogens is 4. The van der Waals surface area contributed by atoms with E-state index in [0.29, 0.717) is 28.1 Å². The Kier molecular flexibility index (Phi) is 3.13. The van der Waals surface area contributed by atoms with Gasteiger partial charge in [-0.1, -0.05) is 24.3 Å². The molecule has 0 bridgehead atoms. The van der Waals surface area contributed by atoms with Crippen LogP contribution >= 0.6 is 0 Å². The van der Waals surface area contributed by atoms with Crippen molar-refractivity contribution in [3.8, 4) is 28.3 Å². The van der Waals surface area contributed by atoms with Crippen LogP contribution in [0.5, 0.6) is 5.75 Å². The van der Waals surface area contributed by atoms with E-state index in [1.807, 2.05) is 24.3 Å². The summed E-state index contributed by atoms with van der Waals surface area (Å²) in [5.41, 5.74) is 2.29. The van der Waals surface area contributed by atoms with E-state index in [0.717, 1.165) is 11.1 Å². The van der Waals surface area contributed by atoms with Crippen molar-refractivity contribution in [2.75, 3.05) is 0 Å². The monoisotopic (exact) mass is 320 g/mol. The van der Waals surface area contributed by atoms with Gasteiger partial charge in [0.25, 0.3) is 0 Å². The molecule has 118 valence electrons. The van der Waals surface area contributed by atoms with Crippen molar-refractivity contribution in [1.29, 1.82) is 0 Å². The van der Waals surface area contributed by atoms with Crippen LogP contribution in [0.2, 0.25) is 0 Å². The molecule has 2 N–H and O–H groups in total. The normalized spacial score (nSPS) is 11.0. The predicted octanol–water partition coefficient (Wildman–Crippen LogP) is 2.65. The van der Waals surface area contributed by atoms with Gasteiger partial charge in [-0.3, -0.25) is 4.79 Å². The summed E-state index contributed by atoms with van der Waals surface area (Å²) in [5.74, 6) is 1.11. The molecule has 0 fully saturated rings. The number of tetrazole rings is 1. The number of benzene rings is 2. The number of hydrogen-bond acceptors (Lipinski definition) is 6. The van der Waals surface area contributed by atoms with Crippen molar-refractivity contribution in [2.24, 2.45) is 0 Å². The average Bonchev–Trinajstić information content (AvgIpc) is 3.09. The number of fused-ring (bicyclic) bond motifs is 1. The molecule has 0 radical (unpaired) electrons. The second-order valence-corrected chi connectivity index (χ2v) is 5.37. The highest BCUT2D eigenvalue weighted by molar-refractivity contribution is 5.84. The van der Waals surface area contributed by atoms with Gasteiger partial charge in [0, 0.05) is 11.6 Å². The van der Waals surface area contributed by atoms with Gasteiger partial charge in [-0.2, -0.15) is 0 Å². The molecule has 0 unspecified atom stereocenters. The van der Waals surface area contributed by atoms with Crippen LogP contribution in [0.1, 0.15) is 5.76 Å². The molecule has 0 amide bonds.